The van der Waals surface area contributed by atoms with Gasteiger partial charge in [0.2, 0.25) is 0 Å². The molecule has 0 amide bonds. The molecule has 0 radical (unpaired) electrons. The van der Waals surface area contributed by atoms with Crippen LogP contribution in [0.5, 0.6) is 5.75 Å². The fraction of sp³-hybridized carbons (Fsp3) is 0.548. The number of fused-ring (bicyclic) bond motifs is 1. The molecular formula is C31H41F4NO2S. The van der Waals surface area contributed by atoms with E-state index in [-0.39, 0.29) is 23.7 Å². The van der Waals surface area contributed by atoms with Gasteiger partial charge >= 0.3 is 6.18 Å². The fourth-order valence-electron chi connectivity index (χ4n) is 5.29. The van der Waals surface area contributed by atoms with Crippen molar-refractivity contribution in [1.82, 2.24) is 4.90 Å². The quantitative estimate of drug-likeness (QED) is 0.174. The topological polar surface area (TPSA) is 40.5 Å². The average Bonchev–Trinajstić information content (AvgIpc) is 3.04. The molecule has 2 aromatic rings. The molecule has 1 N–H and O–H groups in total. The van der Waals surface area contributed by atoms with Crippen molar-refractivity contribution in [2.75, 3.05) is 31.6 Å². The molecule has 0 saturated heterocycles. The van der Waals surface area contributed by atoms with Crippen molar-refractivity contribution in [2.24, 2.45) is 0 Å². The minimum atomic E-state index is -4.17. The number of hydrogen-bond acceptors (Lipinski definition) is 3. The van der Waals surface area contributed by atoms with Crippen molar-refractivity contribution in [1.29, 1.82) is 0 Å². The number of phenolic OH excluding ortho intramolecular Hbond substituents is 1. The number of aryl methyl sites for hydroxylation is 1. The number of unbranched alkanes of at least 4 members (excludes halogenated alkanes) is 3. The molecule has 1 aliphatic rings. The number of allylic oxidation sites excluding steroid dienone is 2. The molecule has 0 fully saturated rings. The Morgan fingerprint density at radius 3 is 2.33 bits per heavy atom. The Balaban J connectivity index is 1.44. The molecule has 1 unspecified atom stereocenters. The van der Waals surface area contributed by atoms with Crippen LogP contribution in [-0.2, 0) is 17.2 Å². The summed E-state index contributed by atoms with van der Waals surface area (Å²) in [4.78, 5) is 2.20. The van der Waals surface area contributed by atoms with Gasteiger partial charge in [-0.2, -0.15) is 13.2 Å². The second-order valence-electron chi connectivity index (χ2n) is 10.5. The van der Waals surface area contributed by atoms with E-state index in [9.17, 15) is 26.9 Å². The van der Waals surface area contributed by atoms with Gasteiger partial charge in [0.25, 0.3) is 0 Å². The molecule has 1 aliphatic carbocycles. The average molecular weight is 568 g/mol. The molecule has 0 bridgehead atoms. The van der Waals surface area contributed by atoms with E-state index in [0.717, 1.165) is 76.4 Å². The van der Waals surface area contributed by atoms with E-state index >= 15 is 0 Å². The summed E-state index contributed by atoms with van der Waals surface area (Å²) in [5, 5.41) is 10.0. The Kier molecular flexibility index (Phi) is 12.5. The summed E-state index contributed by atoms with van der Waals surface area (Å²) in [5.74, 6) is 0.621. The zero-order valence-electron chi connectivity index (χ0n) is 22.9. The van der Waals surface area contributed by atoms with Crippen LogP contribution in [0.1, 0.15) is 80.9 Å². The molecule has 216 valence electrons. The Morgan fingerprint density at radius 2 is 1.59 bits per heavy atom. The van der Waals surface area contributed by atoms with Gasteiger partial charge in [-0.25, -0.2) is 4.39 Å². The van der Waals surface area contributed by atoms with Gasteiger partial charge < -0.3 is 10.0 Å². The number of rotatable bonds is 15. The molecule has 0 saturated carbocycles. The standard InChI is InChI=1S/C31H41F4NO2S/c1-36(20-8-22-39(38)21-7-18-31(33,34)35)19-5-3-2-4-10-30-28(24-12-14-26(32)15-13-24)11-6-9-25-23-27(37)16-17-29(25)30/h12-17,23,37H,2-11,18-22H2,1H3. The van der Waals surface area contributed by atoms with Crippen molar-refractivity contribution in [3.63, 3.8) is 0 Å². The lowest BCUT2D eigenvalue weighted by Gasteiger charge is -2.17. The summed E-state index contributed by atoms with van der Waals surface area (Å²) >= 11 is 0. The van der Waals surface area contributed by atoms with Gasteiger partial charge in [-0.1, -0.05) is 31.0 Å². The molecule has 0 spiro atoms. The van der Waals surface area contributed by atoms with Crippen LogP contribution < -0.4 is 0 Å². The zero-order valence-corrected chi connectivity index (χ0v) is 23.7. The molecule has 3 rings (SSSR count). The summed E-state index contributed by atoms with van der Waals surface area (Å²) in [6.45, 7) is 1.73. The first-order valence-corrected chi connectivity index (χ1v) is 15.5. The van der Waals surface area contributed by atoms with Crippen molar-refractivity contribution >= 4 is 21.9 Å². The number of hydrogen-bond donors (Lipinski definition) is 1. The van der Waals surface area contributed by atoms with E-state index in [1.165, 1.54) is 34.4 Å². The van der Waals surface area contributed by atoms with Gasteiger partial charge in [0.05, 0.1) is 0 Å². The van der Waals surface area contributed by atoms with Gasteiger partial charge in [0.1, 0.15) is 11.6 Å². The van der Waals surface area contributed by atoms with Gasteiger partial charge in [-0.05, 0) is 124 Å². The predicted octanol–water partition coefficient (Wildman–Crippen LogP) is 8.14. The molecule has 0 aromatic heterocycles. The van der Waals surface area contributed by atoms with E-state index in [1.807, 2.05) is 31.3 Å². The summed E-state index contributed by atoms with van der Waals surface area (Å²) in [6.07, 6.45) is 3.66. The molecule has 39 heavy (non-hydrogen) atoms. The molecule has 0 aliphatic heterocycles. The zero-order chi connectivity index (χ0) is 28.3. The molecular weight excluding hydrogens is 526 g/mol. The third kappa shape index (κ3) is 11.1. The van der Waals surface area contributed by atoms with Gasteiger partial charge in [-0.15, -0.1) is 0 Å². The number of phenols is 1. The fourth-order valence-corrected chi connectivity index (χ4v) is 6.41. The van der Waals surface area contributed by atoms with Crippen molar-refractivity contribution in [2.45, 2.75) is 76.8 Å². The normalized spacial score (nSPS) is 14.9. The number of halogens is 4. The van der Waals surface area contributed by atoms with Crippen LogP contribution >= 0.6 is 0 Å². The van der Waals surface area contributed by atoms with Gasteiger partial charge in [0.15, 0.2) is 0 Å². The molecule has 3 nitrogen and oxygen atoms in total. The SMILES string of the molecule is CN(CCCCCCC1=C(c2ccc(F)cc2)CCCc2cc(O)ccc21)CCCS(=O)CCCC(F)(F)F. The van der Waals surface area contributed by atoms with Crippen LogP contribution in [0.2, 0.25) is 0 Å². The van der Waals surface area contributed by atoms with Crippen molar-refractivity contribution < 1.29 is 26.9 Å². The molecule has 2 aromatic carbocycles. The van der Waals surface area contributed by atoms with E-state index < -0.39 is 23.4 Å². The highest BCUT2D eigenvalue weighted by molar-refractivity contribution is 7.84. The number of alkyl halides is 3. The molecule has 0 heterocycles. The first-order valence-electron chi connectivity index (χ1n) is 14.0. The van der Waals surface area contributed by atoms with Crippen LogP contribution in [-0.4, -0.2) is 52.0 Å². The van der Waals surface area contributed by atoms with Crippen LogP contribution in [0.3, 0.4) is 0 Å². The lowest BCUT2D eigenvalue weighted by Crippen LogP contribution is -2.22. The minimum Gasteiger partial charge on any atom is -0.508 e. The smallest absolute Gasteiger partial charge is 0.389 e. The monoisotopic (exact) mass is 567 g/mol. The third-order valence-electron chi connectivity index (χ3n) is 7.30. The Bertz CT molecular complexity index is 1100. The van der Waals surface area contributed by atoms with E-state index in [4.69, 9.17) is 0 Å². The van der Waals surface area contributed by atoms with E-state index in [2.05, 4.69) is 4.90 Å². The van der Waals surface area contributed by atoms with Crippen molar-refractivity contribution in [3.8, 4) is 5.75 Å². The highest BCUT2D eigenvalue weighted by Crippen LogP contribution is 2.39. The summed E-state index contributed by atoms with van der Waals surface area (Å²) < 4.78 is 62.1. The van der Waals surface area contributed by atoms with Crippen LogP contribution in [0.25, 0.3) is 11.1 Å². The Labute approximate surface area is 232 Å². The third-order valence-corrected chi connectivity index (χ3v) is 8.79. The van der Waals surface area contributed by atoms with Gasteiger partial charge in [-0.3, -0.25) is 4.21 Å². The summed E-state index contributed by atoms with van der Waals surface area (Å²) in [6, 6.07) is 12.4. The minimum absolute atomic E-state index is 0.0672. The second kappa shape index (κ2) is 15.6. The largest absolute Gasteiger partial charge is 0.508 e. The number of aromatic hydroxyl groups is 1. The number of benzene rings is 2. The summed E-state index contributed by atoms with van der Waals surface area (Å²) in [7, 11) is 0.848. The molecule has 8 heteroatoms. The maximum atomic E-state index is 13.6. The first kappa shape index (κ1) is 31.3. The van der Waals surface area contributed by atoms with Crippen molar-refractivity contribution in [3.05, 3.63) is 65.0 Å². The Morgan fingerprint density at radius 1 is 0.897 bits per heavy atom. The highest BCUT2D eigenvalue weighted by atomic mass is 32.2. The van der Waals surface area contributed by atoms with E-state index in [0.29, 0.717) is 5.75 Å². The lowest BCUT2D eigenvalue weighted by atomic mass is 9.89. The predicted molar refractivity (Wildman–Crippen MR) is 153 cm³/mol. The Hall–Kier alpha value is -2.19. The van der Waals surface area contributed by atoms with Gasteiger partial charge in [0, 0.05) is 28.7 Å². The van der Waals surface area contributed by atoms with E-state index in [1.54, 1.807) is 6.07 Å². The summed E-state index contributed by atoms with van der Waals surface area (Å²) in [5.41, 5.74) is 6.00. The first-order chi connectivity index (χ1) is 18.6. The van der Waals surface area contributed by atoms with Crippen LogP contribution in [0, 0.1) is 5.82 Å². The highest BCUT2D eigenvalue weighted by Gasteiger charge is 2.26. The lowest BCUT2D eigenvalue weighted by molar-refractivity contribution is -0.134. The van der Waals surface area contributed by atoms with Crippen LogP contribution in [0.4, 0.5) is 17.6 Å². The maximum Gasteiger partial charge on any atom is 0.389 e. The second-order valence-corrected chi connectivity index (χ2v) is 12.2. The number of nitrogens with zero attached hydrogens (tertiary/aromatic N) is 1. The molecule has 1 atom stereocenters. The van der Waals surface area contributed by atoms with Crippen LogP contribution in [0.15, 0.2) is 42.5 Å². The maximum absolute atomic E-state index is 13.6.